The van der Waals surface area contributed by atoms with Gasteiger partial charge in [0.2, 0.25) is 5.89 Å². The maximum atomic E-state index is 11.2. The van der Waals surface area contributed by atoms with E-state index in [0.29, 0.717) is 50.8 Å². The smallest absolute Gasteiger partial charge is 0.277 e. The van der Waals surface area contributed by atoms with E-state index < -0.39 is 4.92 Å². The van der Waals surface area contributed by atoms with Crippen LogP contribution < -0.4 is 14.2 Å². The first-order chi connectivity index (χ1) is 14.6. The van der Waals surface area contributed by atoms with Gasteiger partial charge in [-0.25, -0.2) is 0 Å². The number of nitro groups is 1. The fourth-order valence-corrected chi connectivity index (χ4v) is 3.72. The number of benzene rings is 2. The van der Waals surface area contributed by atoms with Crippen molar-refractivity contribution in [2.45, 2.75) is 17.6 Å². The molecule has 30 heavy (non-hydrogen) atoms. The fourth-order valence-electron chi connectivity index (χ4n) is 2.99. The predicted molar refractivity (Wildman–Crippen MR) is 106 cm³/mol. The quantitative estimate of drug-likeness (QED) is 0.310. The Bertz CT molecular complexity index is 1090. The van der Waals surface area contributed by atoms with Crippen LogP contribution >= 0.6 is 11.8 Å². The van der Waals surface area contributed by atoms with E-state index in [1.54, 1.807) is 32.4 Å². The molecule has 0 atom stereocenters. The molecule has 4 rings (SSSR count). The summed E-state index contributed by atoms with van der Waals surface area (Å²) in [5.74, 6) is 2.42. The third-order valence-corrected chi connectivity index (χ3v) is 5.24. The second-order valence-electron chi connectivity index (χ2n) is 6.19. The summed E-state index contributed by atoms with van der Waals surface area (Å²) in [6.45, 7) is 0.366. The molecule has 1 aromatic heterocycles. The van der Waals surface area contributed by atoms with Crippen molar-refractivity contribution in [2.75, 3.05) is 21.0 Å². The monoisotopic (exact) mass is 431 g/mol. The molecule has 156 valence electrons. The van der Waals surface area contributed by atoms with Crippen LogP contribution in [0.25, 0.3) is 11.5 Å². The molecule has 0 radical (unpaired) electrons. The number of hydrogen-bond acceptors (Lipinski definition) is 10. The van der Waals surface area contributed by atoms with E-state index in [0.717, 1.165) is 0 Å². The first-order valence-corrected chi connectivity index (χ1v) is 9.77. The van der Waals surface area contributed by atoms with Gasteiger partial charge in [-0.1, -0.05) is 11.8 Å². The number of rotatable bonds is 7. The van der Waals surface area contributed by atoms with Crippen LogP contribution in [0.15, 0.2) is 40.0 Å². The summed E-state index contributed by atoms with van der Waals surface area (Å²) in [7, 11) is 3.10. The summed E-state index contributed by atoms with van der Waals surface area (Å²) in [5.41, 5.74) is 1.97. The maximum Gasteiger partial charge on any atom is 0.277 e. The summed E-state index contributed by atoms with van der Waals surface area (Å²) in [4.78, 5) is 10.8. The molecule has 0 unspecified atom stereocenters. The summed E-state index contributed by atoms with van der Waals surface area (Å²) >= 11 is 1.26. The Labute approximate surface area is 175 Å². The average molecular weight is 431 g/mol. The Hall–Kier alpha value is -3.31. The van der Waals surface area contributed by atoms with Crippen molar-refractivity contribution >= 4 is 17.4 Å². The van der Waals surface area contributed by atoms with E-state index in [4.69, 9.17) is 23.4 Å². The highest BCUT2D eigenvalue weighted by Gasteiger charge is 2.22. The van der Waals surface area contributed by atoms with Crippen LogP contribution in [-0.4, -0.2) is 36.1 Å². The number of methoxy groups -OCH3 is 2. The summed E-state index contributed by atoms with van der Waals surface area (Å²) < 4.78 is 27.0. The number of nitro benzene ring substituents is 1. The number of nitrogens with zero attached hydrogens (tertiary/aromatic N) is 3. The van der Waals surface area contributed by atoms with Crippen LogP contribution in [0.5, 0.6) is 17.2 Å². The average Bonchev–Trinajstić information content (AvgIpc) is 3.25. The van der Waals surface area contributed by atoms with Crippen molar-refractivity contribution in [1.82, 2.24) is 10.2 Å². The van der Waals surface area contributed by atoms with E-state index >= 15 is 0 Å². The highest BCUT2D eigenvalue weighted by Crippen LogP contribution is 2.37. The highest BCUT2D eigenvalue weighted by atomic mass is 32.2. The van der Waals surface area contributed by atoms with Crippen LogP contribution in [0.2, 0.25) is 0 Å². The molecule has 10 nitrogen and oxygen atoms in total. The minimum absolute atomic E-state index is 0.0185. The van der Waals surface area contributed by atoms with Gasteiger partial charge in [-0.3, -0.25) is 10.1 Å². The molecule has 0 N–H and O–H groups in total. The van der Waals surface area contributed by atoms with Crippen molar-refractivity contribution < 1.29 is 28.3 Å². The Balaban J connectivity index is 1.54. The van der Waals surface area contributed by atoms with Crippen molar-refractivity contribution in [3.63, 3.8) is 0 Å². The number of ether oxygens (including phenoxy) is 4. The molecule has 0 bridgehead atoms. The molecule has 2 aromatic carbocycles. The summed E-state index contributed by atoms with van der Waals surface area (Å²) in [6.07, 6.45) is 0. The van der Waals surface area contributed by atoms with E-state index in [1.807, 2.05) is 0 Å². The largest absolute Gasteiger partial charge is 0.493 e. The number of hydrogen-bond donors (Lipinski definition) is 0. The van der Waals surface area contributed by atoms with Gasteiger partial charge in [0.15, 0.2) is 18.3 Å². The van der Waals surface area contributed by atoms with Crippen LogP contribution in [-0.2, 0) is 17.1 Å². The zero-order chi connectivity index (χ0) is 21.1. The van der Waals surface area contributed by atoms with Gasteiger partial charge in [0.1, 0.15) is 5.75 Å². The van der Waals surface area contributed by atoms with Crippen LogP contribution in [0.4, 0.5) is 5.69 Å². The lowest BCUT2D eigenvalue weighted by molar-refractivity contribution is -0.385. The number of thioether (sulfide) groups is 1. The molecule has 0 saturated heterocycles. The lowest BCUT2D eigenvalue weighted by atomic mass is 10.1. The lowest BCUT2D eigenvalue weighted by Gasteiger charge is -2.20. The Morgan fingerprint density at radius 2 is 2.00 bits per heavy atom. The SMILES string of the molecule is COc1ccc(-c2nnc(SCc3cc([N+](=O)[O-])cc4c3OCOC4)o2)cc1OC. The van der Waals surface area contributed by atoms with Gasteiger partial charge < -0.3 is 23.4 Å². The molecule has 0 fully saturated rings. The molecular formula is C19H17N3O7S. The van der Waals surface area contributed by atoms with Crippen molar-refractivity contribution in [3.8, 4) is 28.7 Å². The van der Waals surface area contributed by atoms with Crippen molar-refractivity contribution in [3.05, 3.63) is 51.6 Å². The number of non-ortho nitro benzene ring substituents is 1. The minimum Gasteiger partial charge on any atom is -0.493 e. The van der Waals surface area contributed by atoms with E-state index in [2.05, 4.69) is 10.2 Å². The zero-order valence-corrected chi connectivity index (χ0v) is 16.9. The third kappa shape index (κ3) is 4.02. The van der Waals surface area contributed by atoms with Gasteiger partial charge in [0.05, 0.1) is 25.7 Å². The molecule has 0 saturated carbocycles. The second kappa shape index (κ2) is 8.59. The van der Waals surface area contributed by atoms with Crippen molar-refractivity contribution in [1.29, 1.82) is 0 Å². The molecule has 0 amide bonds. The Morgan fingerprint density at radius 1 is 1.17 bits per heavy atom. The lowest BCUT2D eigenvalue weighted by Crippen LogP contribution is -2.13. The molecule has 0 aliphatic carbocycles. The van der Waals surface area contributed by atoms with Crippen LogP contribution in [0.3, 0.4) is 0 Å². The van der Waals surface area contributed by atoms with Gasteiger partial charge in [-0.15, -0.1) is 10.2 Å². The van der Waals surface area contributed by atoms with Gasteiger partial charge in [0, 0.05) is 34.6 Å². The molecule has 1 aliphatic rings. The molecular weight excluding hydrogens is 414 g/mol. The Kier molecular flexibility index (Phi) is 5.72. The topological polar surface area (TPSA) is 119 Å². The molecule has 11 heteroatoms. The second-order valence-corrected chi connectivity index (χ2v) is 7.12. The van der Waals surface area contributed by atoms with E-state index in [9.17, 15) is 10.1 Å². The Morgan fingerprint density at radius 3 is 2.77 bits per heavy atom. The van der Waals surface area contributed by atoms with Gasteiger partial charge in [-0.05, 0) is 18.2 Å². The van der Waals surface area contributed by atoms with Crippen LogP contribution in [0, 0.1) is 10.1 Å². The maximum absolute atomic E-state index is 11.2. The minimum atomic E-state index is -0.440. The third-order valence-electron chi connectivity index (χ3n) is 4.37. The van der Waals surface area contributed by atoms with E-state index in [1.165, 1.54) is 23.9 Å². The molecule has 2 heterocycles. The highest BCUT2D eigenvalue weighted by molar-refractivity contribution is 7.98. The van der Waals surface area contributed by atoms with Gasteiger partial charge in [0.25, 0.3) is 10.9 Å². The normalized spacial score (nSPS) is 12.7. The summed E-state index contributed by atoms with van der Waals surface area (Å²) in [5, 5.41) is 19.7. The molecule has 0 spiro atoms. The van der Waals surface area contributed by atoms with Crippen LogP contribution in [0.1, 0.15) is 11.1 Å². The van der Waals surface area contributed by atoms with Crippen molar-refractivity contribution in [2.24, 2.45) is 0 Å². The molecule has 1 aliphatic heterocycles. The zero-order valence-electron chi connectivity index (χ0n) is 16.1. The van der Waals surface area contributed by atoms with Gasteiger partial charge in [-0.2, -0.15) is 0 Å². The fraction of sp³-hybridized carbons (Fsp3) is 0.263. The predicted octanol–water partition coefficient (Wildman–Crippen LogP) is 3.82. The van der Waals surface area contributed by atoms with E-state index in [-0.39, 0.29) is 19.1 Å². The molecule has 3 aromatic rings. The van der Waals surface area contributed by atoms with Gasteiger partial charge >= 0.3 is 0 Å². The number of aromatic nitrogens is 2. The first kappa shape index (κ1) is 20.0. The number of fused-ring (bicyclic) bond motifs is 1. The first-order valence-electron chi connectivity index (χ1n) is 8.78. The standard InChI is InChI=1S/C19H17N3O7S/c1-25-15-4-3-11(7-16(15)26-2)18-20-21-19(29-18)30-9-13-6-14(22(23)24)5-12-8-27-10-28-17(12)13/h3-7H,8-10H2,1-2H3. The summed E-state index contributed by atoms with van der Waals surface area (Å²) in [6, 6.07) is 8.23.